The average molecular weight is 601 g/mol. The summed E-state index contributed by atoms with van der Waals surface area (Å²) >= 11 is 0. The van der Waals surface area contributed by atoms with E-state index in [0.717, 1.165) is 24.7 Å². The molecule has 3 aromatic rings. The van der Waals surface area contributed by atoms with Crippen molar-refractivity contribution < 1.29 is 32.6 Å². The van der Waals surface area contributed by atoms with Gasteiger partial charge >= 0.3 is 12.5 Å². The van der Waals surface area contributed by atoms with Gasteiger partial charge in [0.25, 0.3) is 5.56 Å². The SMILES string of the molecule is CN1CCN(C2(C(=O)Nc3cc(-n4cnc5cc([C@@H]6CCN(C(=O)O)C6)ccc5c4=O)ccc3OC(F)(F)F)CC2)CC1. The lowest BCUT2D eigenvalue weighted by atomic mass is 9.97. The number of nitrogens with zero attached hydrogens (tertiary/aromatic N) is 5. The van der Waals surface area contributed by atoms with E-state index in [1.54, 1.807) is 18.2 Å². The second-order valence-corrected chi connectivity index (χ2v) is 11.4. The molecule has 1 aliphatic carbocycles. The number of likely N-dealkylation sites (N-methyl/N-ethyl adjacent to an activating group) is 1. The molecule has 1 aromatic heterocycles. The number of benzene rings is 2. The first kappa shape index (κ1) is 28.9. The van der Waals surface area contributed by atoms with Gasteiger partial charge in [0.2, 0.25) is 5.91 Å². The highest BCUT2D eigenvalue weighted by Crippen LogP contribution is 2.44. The third-order valence-electron chi connectivity index (χ3n) is 8.68. The van der Waals surface area contributed by atoms with Gasteiger partial charge in [-0.2, -0.15) is 0 Å². The van der Waals surface area contributed by atoms with Crippen LogP contribution in [-0.4, -0.2) is 99.6 Å². The number of anilines is 1. The minimum Gasteiger partial charge on any atom is -0.465 e. The van der Waals surface area contributed by atoms with Crippen LogP contribution in [0.1, 0.15) is 30.7 Å². The Morgan fingerprint density at radius 1 is 1.07 bits per heavy atom. The molecule has 2 amide bonds. The number of carboxylic acid groups (broad SMARTS) is 1. The summed E-state index contributed by atoms with van der Waals surface area (Å²) in [4.78, 5) is 48.2. The van der Waals surface area contributed by atoms with Crippen LogP contribution in [-0.2, 0) is 4.79 Å². The van der Waals surface area contributed by atoms with Gasteiger partial charge in [0.15, 0.2) is 5.75 Å². The number of halogens is 3. The molecule has 3 heterocycles. The maximum atomic E-state index is 13.5. The minimum absolute atomic E-state index is 0.0160. The maximum Gasteiger partial charge on any atom is 0.573 e. The molecule has 0 bridgehead atoms. The molecule has 0 radical (unpaired) electrons. The van der Waals surface area contributed by atoms with Gasteiger partial charge in [-0.3, -0.25) is 19.1 Å². The van der Waals surface area contributed by atoms with Crippen molar-refractivity contribution in [2.45, 2.75) is 37.1 Å². The molecule has 1 atom stereocenters. The van der Waals surface area contributed by atoms with E-state index in [2.05, 4.69) is 24.8 Å². The first-order valence-corrected chi connectivity index (χ1v) is 14.1. The van der Waals surface area contributed by atoms with Crippen LogP contribution in [0.5, 0.6) is 5.75 Å². The first-order valence-electron chi connectivity index (χ1n) is 14.1. The van der Waals surface area contributed by atoms with Crippen LogP contribution in [0.3, 0.4) is 0 Å². The summed E-state index contributed by atoms with van der Waals surface area (Å²) in [6.45, 7) is 3.70. The Kier molecular flexibility index (Phi) is 7.29. The molecule has 0 unspecified atom stereocenters. The third-order valence-corrected chi connectivity index (χ3v) is 8.68. The van der Waals surface area contributed by atoms with Gasteiger partial charge in [-0.1, -0.05) is 6.07 Å². The minimum atomic E-state index is -4.99. The first-order chi connectivity index (χ1) is 20.4. The lowest BCUT2D eigenvalue weighted by Crippen LogP contribution is -2.54. The fourth-order valence-corrected chi connectivity index (χ4v) is 6.04. The van der Waals surface area contributed by atoms with Crippen molar-refractivity contribution in [3.8, 4) is 11.4 Å². The van der Waals surface area contributed by atoms with E-state index >= 15 is 0 Å². The Labute approximate surface area is 244 Å². The summed E-state index contributed by atoms with van der Waals surface area (Å²) in [7, 11) is 2.00. The maximum absolute atomic E-state index is 13.5. The number of alkyl halides is 3. The Bertz CT molecular complexity index is 1630. The smallest absolute Gasteiger partial charge is 0.465 e. The second-order valence-electron chi connectivity index (χ2n) is 11.4. The summed E-state index contributed by atoms with van der Waals surface area (Å²) in [5.74, 6) is -1.01. The second kappa shape index (κ2) is 10.8. The monoisotopic (exact) mass is 600 g/mol. The van der Waals surface area contributed by atoms with Crippen LogP contribution in [0.4, 0.5) is 23.7 Å². The molecule has 6 rings (SSSR count). The van der Waals surface area contributed by atoms with E-state index in [0.29, 0.717) is 51.0 Å². The molecule has 11 nitrogen and oxygen atoms in total. The van der Waals surface area contributed by atoms with Crippen molar-refractivity contribution in [1.82, 2.24) is 24.3 Å². The highest BCUT2D eigenvalue weighted by atomic mass is 19.4. The van der Waals surface area contributed by atoms with Gasteiger partial charge in [0.1, 0.15) is 11.9 Å². The van der Waals surface area contributed by atoms with Gasteiger partial charge in [0.05, 0.1) is 22.3 Å². The van der Waals surface area contributed by atoms with Gasteiger partial charge < -0.3 is 25.0 Å². The summed E-state index contributed by atoms with van der Waals surface area (Å²) in [6.07, 6.45) is -2.82. The zero-order valence-electron chi connectivity index (χ0n) is 23.4. The molecule has 3 aliphatic rings. The standard InChI is InChI=1S/C29H31F3N6O5/c1-35-10-12-37(13-11-35)28(7-8-28)26(40)34-23-15-20(3-5-24(23)43-29(30,31)32)38-17-33-22-14-18(2-4-21(22)25(38)39)19-6-9-36(16-19)27(41)42/h2-5,14-15,17,19H,6-13,16H2,1H3,(H,34,40)(H,41,42)/t19-/m1/s1. The number of piperazine rings is 1. The molecule has 2 aromatic carbocycles. The topological polar surface area (TPSA) is 120 Å². The number of amides is 2. The van der Waals surface area contributed by atoms with Crippen LogP contribution in [0.15, 0.2) is 47.5 Å². The molecule has 3 fully saturated rings. The van der Waals surface area contributed by atoms with E-state index in [-0.39, 0.29) is 22.7 Å². The number of likely N-dealkylation sites (tertiary alicyclic amines) is 1. The molecular weight excluding hydrogens is 569 g/mol. The summed E-state index contributed by atoms with van der Waals surface area (Å²) < 4.78 is 45.2. The molecule has 0 spiro atoms. The van der Waals surface area contributed by atoms with Crippen molar-refractivity contribution in [2.75, 3.05) is 51.6 Å². The van der Waals surface area contributed by atoms with Gasteiger partial charge in [0, 0.05) is 45.2 Å². The molecule has 43 heavy (non-hydrogen) atoms. The van der Waals surface area contributed by atoms with E-state index in [4.69, 9.17) is 0 Å². The normalized spacial score (nSPS) is 20.7. The van der Waals surface area contributed by atoms with E-state index in [1.807, 2.05) is 7.05 Å². The van der Waals surface area contributed by atoms with Gasteiger partial charge in [-0.05, 0) is 62.2 Å². The predicted molar refractivity (Wildman–Crippen MR) is 151 cm³/mol. The van der Waals surface area contributed by atoms with Crippen LogP contribution in [0.25, 0.3) is 16.6 Å². The predicted octanol–water partition coefficient (Wildman–Crippen LogP) is 3.47. The van der Waals surface area contributed by atoms with Gasteiger partial charge in [-0.25, -0.2) is 9.78 Å². The summed E-state index contributed by atoms with van der Waals surface area (Å²) in [5.41, 5.74) is 0.0485. The Balaban J connectivity index is 1.30. The number of carbonyl (C=O) groups excluding carboxylic acids is 1. The lowest BCUT2D eigenvalue weighted by molar-refractivity contribution is -0.274. The molecule has 1 saturated carbocycles. The zero-order chi connectivity index (χ0) is 30.5. The molecule has 2 N–H and O–H groups in total. The molecule has 2 aliphatic heterocycles. The number of hydrogen-bond acceptors (Lipinski definition) is 7. The van der Waals surface area contributed by atoms with Crippen LogP contribution >= 0.6 is 0 Å². The molecule has 14 heteroatoms. The van der Waals surface area contributed by atoms with Crippen LogP contribution in [0, 0.1) is 0 Å². The van der Waals surface area contributed by atoms with Crippen molar-refractivity contribution >= 4 is 28.6 Å². The molecule has 2 saturated heterocycles. The Morgan fingerprint density at radius 2 is 1.81 bits per heavy atom. The number of ether oxygens (including phenoxy) is 1. The fourth-order valence-electron chi connectivity index (χ4n) is 6.04. The van der Waals surface area contributed by atoms with Crippen LogP contribution < -0.4 is 15.6 Å². The average Bonchev–Trinajstić information content (AvgIpc) is 3.62. The zero-order valence-corrected chi connectivity index (χ0v) is 23.4. The Morgan fingerprint density at radius 3 is 2.47 bits per heavy atom. The van der Waals surface area contributed by atoms with Crippen molar-refractivity contribution in [3.63, 3.8) is 0 Å². The van der Waals surface area contributed by atoms with E-state index in [9.17, 15) is 32.7 Å². The van der Waals surface area contributed by atoms with Gasteiger partial charge in [-0.15, -0.1) is 13.2 Å². The van der Waals surface area contributed by atoms with Crippen molar-refractivity contribution in [3.05, 3.63) is 58.6 Å². The van der Waals surface area contributed by atoms with Crippen LogP contribution in [0.2, 0.25) is 0 Å². The highest BCUT2D eigenvalue weighted by Gasteiger charge is 2.55. The number of aromatic nitrogens is 2. The largest absolute Gasteiger partial charge is 0.573 e. The summed E-state index contributed by atoms with van der Waals surface area (Å²) in [5, 5.41) is 12.2. The third kappa shape index (κ3) is 5.76. The number of hydrogen-bond donors (Lipinski definition) is 2. The van der Waals surface area contributed by atoms with Crippen molar-refractivity contribution in [1.29, 1.82) is 0 Å². The lowest BCUT2D eigenvalue weighted by Gasteiger charge is -2.37. The quantitative estimate of drug-likeness (QED) is 0.442. The van der Waals surface area contributed by atoms with E-state index in [1.165, 1.54) is 27.9 Å². The highest BCUT2D eigenvalue weighted by molar-refractivity contribution is 6.01. The number of fused-ring (bicyclic) bond motifs is 1. The summed E-state index contributed by atoms with van der Waals surface area (Å²) in [6, 6.07) is 8.80. The number of nitrogens with one attached hydrogen (secondary N) is 1. The Hall–Kier alpha value is -4.17. The number of rotatable bonds is 6. The molecule has 228 valence electrons. The number of carbonyl (C=O) groups is 2. The van der Waals surface area contributed by atoms with Crippen molar-refractivity contribution in [2.24, 2.45) is 0 Å². The van der Waals surface area contributed by atoms with E-state index < -0.39 is 35.2 Å². The fraction of sp³-hybridized carbons (Fsp3) is 0.448. The molecular formula is C29H31F3N6O5.